The van der Waals surface area contributed by atoms with Crippen molar-refractivity contribution in [1.82, 2.24) is 0 Å². The second-order valence-corrected chi connectivity index (χ2v) is 5.98. The quantitative estimate of drug-likeness (QED) is 0.329. The zero-order valence-corrected chi connectivity index (χ0v) is 16.1. The first-order valence-corrected chi connectivity index (χ1v) is 8.37. The largest absolute Gasteiger partial charge is 0.465 e. The van der Waals surface area contributed by atoms with Crippen LogP contribution in [0.25, 0.3) is 6.08 Å². The van der Waals surface area contributed by atoms with E-state index in [0.29, 0.717) is 5.56 Å². The van der Waals surface area contributed by atoms with Gasteiger partial charge in [-0.15, -0.1) is 0 Å². The molecule has 0 spiro atoms. The van der Waals surface area contributed by atoms with Gasteiger partial charge in [0, 0.05) is 17.8 Å². The van der Waals surface area contributed by atoms with Crippen LogP contribution in [0, 0.1) is 10.1 Å². The third kappa shape index (κ3) is 5.63. The minimum atomic E-state index is -0.699. The molecule has 0 saturated carbocycles. The molecule has 0 unspecified atom stereocenters. The SMILES string of the molecule is COC(=O)c1cc(NC(=O)C=Cc2ccc(Cl)c([N+](=O)[O-])c2)cc(C(=O)OC)c1. The first-order valence-electron chi connectivity index (χ1n) is 8.00. The van der Waals surface area contributed by atoms with E-state index in [1.165, 1.54) is 56.7 Å². The smallest absolute Gasteiger partial charge is 0.337 e. The Hall–Kier alpha value is -3.72. The Morgan fingerprint density at radius 2 is 1.62 bits per heavy atom. The van der Waals surface area contributed by atoms with Gasteiger partial charge in [-0.1, -0.05) is 17.7 Å². The highest BCUT2D eigenvalue weighted by Crippen LogP contribution is 2.25. The van der Waals surface area contributed by atoms with Gasteiger partial charge in [-0.3, -0.25) is 14.9 Å². The molecule has 150 valence electrons. The van der Waals surface area contributed by atoms with Crippen molar-refractivity contribution in [2.45, 2.75) is 0 Å². The van der Waals surface area contributed by atoms with Crippen LogP contribution >= 0.6 is 11.6 Å². The molecule has 2 aromatic rings. The summed E-state index contributed by atoms with van der Waals surface area (Å²) in [6.45, 7) is 0. The van der Waals surface area contributed by atoms with Crippen LogP contribution in [0.15, 0.2) is 42.5 Å². The summed E-state index contributed by atoms with van der Waals surface area (Å²) in [5.41, 5.74) is 0.341. The lowest BCUT2D eigenvalue weighted by atomic mass is 10.1. The average Bonchev–Trinajstić information content (AvgIpc) is 2.71. The molecule has 29 heavy (non-hydrogen) atoms. The molecule has 0 bridgehead atoms. The Bertz CT molecular complexity index is 983. The molecule has 0 saturated heterocycles. The highest BCUT2D eigenvalue weighted by molar-refractivity contribution is 6.32. The number of ether oxygens (including phenoxy) is 2. The summed E-state index contributed by atoms with van der Waals surface area (Å²) >= 11 is 5.75. The van der Waals surface area contributed by atoms with Gasteiger partial charge in [0.05, 0.1) is 30.3 Å². The second-order valence-electron chi connectivity index (χ2n) is 5.57. The standard InChI is InChI=1S/C19H15ClN2O7/c1-28-18(24)12-8-13(19(25)29-2)10-14(9-12)21-17(23)6-4-11-3-5-15(20)16(7-11)22(26)27/h3-10H,1-2H3,(H,21,23). The number of esters is 2. The van der Waals surface area contributed by atoms with Crippen LogP contribution in [0.3, 0.4) is 0 Å². The molecule has 0 radical (unpaired) electrons. The Kier molecular flexibility index (Phi) is 7.05. The number of carbonyl (C=O) groups excluding carboxylic acids is 3. The molecule has 0 aromatic heterocycles. The van der Waals surface area contributed by atoms with E-state index in [1.54, 1.807) is 0 Å². The van der Waals surface area contributed by atoms with Gasteiger partial charge in [0.15, 0.2) is 0 Å². The van der Waals surface area contributed by atoms with Crippen LogP contribution in [-0.2, 0) is 14.3 Å². The second kappa shape index (κ2) is 9.47. The van der Waals surface area contributed by atoms with Gasteiger partial charge in [-0.2, -0.15) is 0 Å². The maximum atomic E-state index is 12.2. The molecular weight excluding hydrogens is 404 g/mol. The third-order valence-corrected chi connectivity index (χ3v) is 3.96. The number of hydrogen-bond acceptors (Lipinski definition) is 7. The van der Waals surface area contributed by atoms with Crippen LogP contribution in [0.2, 0.25) is 5.02 Å². The first kappa shape index (κ1) is 21.6. The van der Waals surface area contributed by atoms with Crippen molar-refractivity contribution in [2.24, 2.45) is 0 Å². The zero-order valence-electron chi connectivity index (χ0n) is 15.3. The molecule has 2 aromatic carbocycles. The Labute approximate surface area is 170 Å². The van der Waals surface area contributed by atoms with Crippen molar-refractivity contribution in [3.8, 4) is 0 Å². The molecule has 0 aliphatic carbocycles. The summed E-state index contributed by atoms with van der Waals surface area (Å²) in [5, 5.41) is 13.4. The van der Waals surface area contributed by atoms with Gasteiger partial charge in [-0.05, 0) is 35.9 Å². The number of halogens is 1. The van der Waals surface area contributed by atoms with Gasteiger partial charge in [0.25, 0.3) is 5.69 Å². The summed E-state index contributed by atoms with van der Waals surface area (Å²) in [6.07, 6.45) is 2.49. The number of nitro groups is 1. The molecule has 0 heterocycles. The predicted octanol–water partition coefficient (Wildman–Crippen LogP) is 3.47. The summed E-state index contributed by atoms with van der Waals surface area (Å²) < 4.78 is 9.25. The summed E-state index contributed by atoms with van der Waals surface area (Å²) in [6, 6.07) is 8.01. The number of carbonyl (C=O) groups is 3. The normalized spacial score (nSPS) is 10.4. The summed E-state index contributed by atoms with van der Waals surface area (Å²) in [4.78, 5) is 46.0. The van der Waals surface area contributed by atoms with Crippen molar-refractivity contribution >= 4 is 46.9 Å². The predicted molar refractivity (Wildman–Crippen MR) is 105 cm³/mol. The molecule has 2 rings (SSSR count). The molecule has 10 heteroatoms. The van der Waals surface area contributed by atoms with E-state index in [2.05, 4.69) is 14.8 Å². The third-order valence-electron chi connectivity index (χ3n) is 3.64. The number of nitrogens with zero attached hydrogens (tertiary/aromatic N) is 1. The number of hydrogen-bond donors (Lipinski definition) is 1. The highest BCUT2D eigenvalue weighted by Gasteiger charge is 2.15. The lowest BCUT2D eigenvalue weighted by Gasteiger charge is -2.08. The topological polar surface area (TPSA) is 125 Å². The first-order chi connectivity index (χ1) is 13.7. The monoisotopic (exact) mass is 418 g/mol. The van der Waals surface area contributed by atoms with E-state index < -0.39 is 22.8 Å². The number of nitrogens with one attached hydrogen (secondary N) is 1. The minimum absolute atomic E-state index is 0.0217. The van der Waals surface area contributed by atoms with Crippen molar-refractivity contribution in [2.75, 3.05) is 19.5 Å². The van der Waals surface area contributed by atoms with Crippen molar-refractivity contribution in [3.63, 3.8) is 0 Å². The van der Waals surface area contributed by atoms with Crippen LogP contribution in [-0.4, -0.2) is 37.0 Å². The van der Waals surface area contributed by atoms with E-state index in [4.69, 9.17) is 11.6 Å². The van der Waals surface area contributed by atoms with Crippen molar-refractivity contribution in [3.05, 3.63) is 74.3 Å². The molecule has 1 N–H and O–H groups in total. The number of nitro benzene ring substituents is 1. The van der Waals surface area contributed by atoms with Crippen molar-refractivity contribution in [1.29, 1.82) is 0 Å². The van der Waals surface area contributed by atoms with Gasteiger partial charge < -0.3 is 14.8 Å². The van der Waals surface area contributed by atoms with Crippen LogP contribution in [0.4, 0.5) is 11.4 Å². The number of methoxy groups -OCH3 is 2. The fourth-order valence-corrected chi connectivity index (χ4v) is 2.49. The van der Waals surface area contributed by atoms with E-state index in [-0.39, 0.29) is 27.5 Å². The van der Waals surface area contributed by atoms with E-state index in [9.17, 15) is 24.5 Å². The van der Waals surface area contributed by atoms with Gasteiger partial charge in [-0.25, -0.2) is 9.59 Å². The molecule has 0 aliphatic heterocycles. The van der Waals surface area contributed by atoms with Gasteiger partial charge in [0.2, 0.25) is 5.91 Å². The number of anilines is 1. The van der Waals surface area contributed by atoms with E-state index in [1.807, 2.05) is 0 Å². The van der Waals surface area contributed by atoms with E-state index in [0.717, 1.165) is 6.08 Å². The Morgan fingerprint density at radius 1 is 1.03 bits per heavy atom. The Balaban J connectivity index is 2.24. The number of benzene rings is 2. The number of rotatable bonds is 6. The summed E-state index contributed by atoms with van der Waals surface area (Å²) in [5.74, 6) is -1.99. The zero-order chi connectivity index (χ0) is 21.6. The molecule has 0 atom stereocenters. The maximum Gasteiger partial charge on any atom is 0.337 e. The molecule has 9 nitrogen and oxygen atoms in total. The summed E-state index contributed by atoms with van der Waals surface area (Å²) in [7, 11) is 2.36. The fourth-order valence-electron chi connectivity index (χ4n) is 2.30. The minimum Gasteiger partial charge on any atom is -0.465 e. The van der Waals surface area contributed by atoms with Gasteiger partial charge >= 0.3 is 11.9 Å². The molecular formula is C19H15ClN2O7. The molecule has 0 fully saturated rings. The Morgan fingerprint density at radius 3 is 2.14 bits per heavy atom. The number of amides is 1. The maximum absolute atomic E-state index is 12.2. The average molecular weight is 419 g/mol. The van der Waals surface area contributed by atoms with Crippen LogP contribution < -0.4 is 5.32 Å². The molecule has 1 amide bonds. The van der Waals surface area contributed by atoms with Crippen LogP contribution in [0.1, 0.15) is 26.3 Å². The lowest BCUT2D eigenvalue weighted by Crippen LogP contribution is -2.12. The van der Waals surface area contributed by atoms with Gasteiger partial charge in [0.1, 0.15) is 5.02 Å². The van der Waals surface area contributed by atoms with Crippen molar-refractivity contribution < 1.29 is 28.8 Å². The lowest BCUT2D eigenvalue weighted by molar-refractivity contribution is -0.384. The van der Waals surface area contributed by atoms with E-state index >= 15 is 0 Å². The molecule has 0 aliphatic rings. The fraction of sp³-hybridized carbons (Fsp3) is 0.105. The highest BCUT2D eigenvalue weighted by atomic mass is 35.5. The van der Waals surface area contributed by atoms with Crippen LogP contribution in [0.5, 0.6) is 0 Å².